The van der Waals surface area contributed by atoms with E-state index in [1.54, 1.807) is 24.3 Å². The molecule has 122 valence electrons. The Bertz CT molecular complexity index is 1070. The lowest BCUT2D eigenvalue weighted by atomic mass is 10.2. The summed E-state index contributed by atoms with van der Waals surface area (Å²) in [6.45, 7) is 1.15. The van der Waals surface area contributed by atoms with Crippen molar-refractivity contribution in [1.29, 1.82) is 0 Å². The standard InChI is InChI=1S/C15H13N5O4/c1-8-6-20(15(24)17-13(8)22)7-11(21)18-19-12-9-4-2-3-5-10(9)16-14(12)23/h2-6,16,23H,7H2,1H3,(H,17,22,24). The molecule has 3 N–H and O–H groups in total. The summed E-state index contributed by atoms with van der Waals surface area (Å²) in [6.07, 6.45) is 1.28. The number of carbonyl (C=O) groups is 1. The summed E-state index contributed by atoms with van der Waals surface area (Å²) in [7, 11) is 0. The van der Waals surface area contributed by atoms with Crippen molar-refractivity contribution >= 4 is 22.5 Å². The number of nitrogens with one attached hydrogen (secondary N) is 2. The van der Waals surface area contributed by atoms with Crippen molar-refractivity contribution in [3.05, 3.63) is 56.9 Å². The first-order chi connectivity index (χ1) is 11.5. The number of aryl methyl sites for hydroxylation is 1. The van der Waals surface area contributed by atoms with Crippen molar-refractivity contribution < 1.29 is 9.90 Å². The zero-order chi connectivity index (χ0) is 17.3. The summed E-state index contributed by atoms with van der Waals surface area (Å²) in [5.41, 5.74) is -0.112. The normalized spacial score (nSPS) is 11.4. The summed E-state index contributed by atoms with van der Waals surface area (Å²) in [5, 5.41) is 17.7. The molecule has 2 heterocycles. The van der Waals surface area contributed by atoms with Crippen LogP contribution in [0.5, 0.6) is 5.88 Å². The number of amides is 1. The van der Waals surface area contributed by atoms with Crippen molar-refractivity contribution in [2.24, 2.45) is 10.2 Å². The SMILES string of the molecule is Cc1cn(CC(=O)N=Nc2c(O)[nH]c3ccccc23)c(=O)[nH]c1=O. The molecule has 0 saturated carbocycles. The fourth-order valence-electron chi connectivity index (χ4n) is 2.23. The number of aromatic hydroxyl groups is 1. The summed E-state index contributed by atoms with van der Waals surface area (Å²) in [5.74, 6) is -0.905. The average molecular weight is 327 g/mol. The number of rotatable bonds is 3. The minimum absolute atomic E-state index is 0.143. The molecule has 2 aromatic heterocycles. The van der Waals surface area contributed by atoms with Crippen molar-refractivity contribution in [2.75, 3.05) is 0 Å². The molecule has 9 heteroatoms. The number of nitrogens with zero attached hydrogens (tertiary/aromatic N) is 3. The molecule has 0 unspecified atom stereocenters. The number of fused-ring (bicyclic) bond motifs is 1. The third kappa shape index (κ3) is 2.86. The maximum Gasteiger partial charge on any atom is 0.328 e. The van der Waals surface area contributed by atoms with Crippen LogP contribution in [0.4, 0.5) is 5.69 Å². The van der Waals surface area contributed by atoms with Crippen LogP contribution in [0, 0.1) is 6.92 Å². The molecular formula is C15H13N5O4. The van der Waals surface area contributed by atoms with Gasteiger partial charge in [-0.1, -0.05) is 18.2 Å². The van der Waals surface area contributed by atoms with Crippen LogP contribution in [0.3, 0.4) is 0 Å². The molecule has 0 saturated heterocycles. The number of aromatic nitrogens is 3. The molecule has 9 nitrogen and oxygen atoms in total. The van der Waals surface area contributed by atoms with Gasteiger partial charge in [0, 0.05) is 17.1 Å². The Morgan fingerprint density at radius 2 is 2.00 bits per heavy atom. The van der Waals surface area contributed by atoms with Gasteiger partial charge in [-0.2, -0.15) is 0 Å². The first kappa shape index (κ1) is 15.4. The Morgan fingerprint density at radius 1 is 1.25 bits per heavy atom. The number of carbonyl (C=O) groups excluding carboxylic acids is 1. The monoisotopic (exact) mass is 327 g/mol. The van der Waals surface area contributed by atoms with E-state index in [4.69, 9.17) is 0 Å². The minimum Gasteiger partial charge on any atom is -0.493 e. The van der Waals surface area contributed by atoms with E-state index in [2.05, 4.69) is 20.2 Å². The Hall–Kier alpha value is -3.49. The Kier molecular flexibility index (Phi) is 3.82. The molecule has 0 atom stereocenters. The summed E-state index contributed by atoms with van der Waals surface area (Å²) in [4.78, 5) is 39.6. The zero-order valence-electron chi connectivity index (χ0n) is 12.6. The molecule has 3 rings (SSSR count). The van der Waals surface area contributed by atoms with Gasteiger partial charge in [-0.15, -0.1) is 10.2 Å². The molecule has 24 heavy (non-hydrogen) atoms. The number of para-hydroxylation sites is 1. The largest absolute Gasteiger partial charge is 0.493 e. The van der Waals surface area contributed by atoms with E-state index >= 15 is 0 Å². The zero-order valence-corrected chi connectivity index (χ0v) is 12.6. The molecule has 0 aliphatic carbocycles. The van der Waals surface area contributed by atoms with Crippen molar-refractivity contribution in [1.82, 2.24) is 14.5 Å². The van der Waals surface area contributed by atoms with Crippen LogP contribution in [0.2, 0.25) is 0 Å². The van der Waals surface area contributed by atoms with E-state index in [9.17, 15) is 19.5 Å². The van der Waals surface area contributed by atoms with Gasteiger partial charge in [0.05, 0.1) is 5.52 Å². The minimum atomic E-state index is -0.705. The van der Waals surface area contributed by atoms with Crippen molar-refractivity contribution in [2.45, 2.75) is 13.5 Å². The van der Waals surface area contributed by atoms with Gasteiger partial charge < -0.3 is 10.1 Å². The second-order valence-electron chi connectivity index (χ2n) is 5.16. The fourth-order valence-corrected chi connectivity index (χ4v) is 2.23. The second-order valence-corrected chi connectivity index (χ2v) is 5.16. The third-order valence-corrected chi connectivity index (χ3v) is 3.42. The highest BCUT2D eigenvalue weighted by molar-refractivity contribution is 5.94. The highest BCUT2D eigenvalue weighted by atomic mass is 16.3. The molecule has 1 aromatic carbocycles. The highest BCUT2D eigenvalue weighted by Gasteiger charge is 2.11. The van der Waals surface area contributed by atoms with E-state index in [1.165, 1.54) is 13.1 Å². The van der Waals surface area contributed by atoms with Crippen LogP contribution >= 0.6 is 0 Å². The van der Waals surface area contributed by atoms with Gasteiger partial charge in [0.25, 0.3) is 11.5 Å². The van der Waals surface area contributed by atoms with Crippen LogP contribution in [-0.4, -0.2) is 25.5 Å². The Labute approximate surface area is 134 Å². The summed E-state index contributed by atoms with van der Waals surface area (Å²) < 4.78 is 1.03. The van der Waals surface area contributed by atoms with E-state index < -0.39 is 17.2 Å². The first-order valence-electron chi connectivity index (χ1n) is 7.00. The smallest absolute Gasteiger partial charge is 0.328 e. The van der Waals surface area contributed by atoms with Gasteiger partial charge in [0.2, 0.25) is 5.88 Å². The highest BCUT2D eigenvalue weighted by Crippen LogP contribution is 2.35. The Morgan fingerprint density at radius 3 is 2.79 bits per heavy atom. The molecule has 0 fully saturated rings. The number of hydrogen-bond acceptors (Lipinski definition) is 5. The van der Waals surface area contributed by atoms with Crippen LogP contribution in [-0.2, 0) is 11.3 Å². The molecule has 0 spiro atoms. The lowest BCUT2D eigenvalue weighted by Crippen LogP contribution is -2.32. The number of benzene rings is 1. The third-order valence-electron chi connectivity index (χ3n) is 3.42. The van der Waals surface area contributed by atoms with Crippen molar-refractivity contribution in [3.63, 3.8) is 0 Å². The molecule has 0 aliphatic rings. The Balaban J connectivity index is 1.86. The predicted octanol–water partition coefficient (Wildman–Crippen LogP) is 1.34. The van der Waals surface area contributed by atoms with Crippen LogP contribution < -0.4 is 11.2 Å². The van der Waals surface area contributed by atoms with Gasteiger partial charge in [0.1, 0.15) is 6.54 Å². The molecule has 0 aliphatic heterocycles. The topological polar surface area (TPSA) is 133 Å². The van der Waals surface area contributed by atoms with E-state index in [-0.39, 0.29) is 18.1 Å². The maximum atomic E-state index is 11.9. The van der Waals surface area contributed by atoms with Crippen LogP contribution in [0.15, 0.2) is 50.3 Å². The van der Waals surface area contributed by atoms with Gasteiger partial charge in [-0.3, -0.25) is 19.1 Å². The van der Waals surface area contributed by atoms with Gasteiger partial charge in [0.15, 0.2) is 5.69 Å². The summed E-state index contributed by atoms with van der Waals surface area (Å²) >= 11 is 0. The molecule has 0 radical (unpaired) electrons. The first-order valence-corrected chi connectivity index (χ1v) is 7.00. The number of aromatic amines is 2. The average Bonchev–Trinajstić information content (AvgIpc) is 2.86. The fraction of sp³-hybridized carbons (Fsp3) is 0.133. The predicted molar refractivity (Wildman–Crippen MR) is 85.5 cm³/mol. The summed E-state index contributed by atoms with van der Waals surface area (Å²) in [6, 6.07) is 7.02. The van der Waals surface area contributed by atoms with Crippen LogP contribution in [0.25, 0.3) is 10.9 Å². The van der Waals surface area contributed by atoms with Crippen LogP contribution in [0.1, 0.15) is 5.56 Å². The number of azo groups is 1. The lowest BCUT2D eigenvalue weighted by molar-refractivity contribution is -0.118. The van der Waals surface area contributed by atoms with E-state index in [0.717, 1.165) is 4.57 Å². The van der Waals surface area contributed by atoms with E-state index in [1.807, 2.05) is 0 Å². The quantitative estimate of drug-likeness (QED) is 0.626. The lowest BCUT2D eigenvalue weighted by Gasteiger charge is -2.01. The van der Waals surface area contributed by atoms with E-state index in [0.29, 0.717) is 16.5 Å². The molecule has 3 aromatic rings. The molecule has 0 bridgehead atoms. The van der Waals surface area contributed by atoms with Gasteiger partial charge in [-0.05, 0) is 13.0 Å². The second kappa shape index (κ2) is 5.95. The van der Waals surface area contributed by atoms with Crippen molar-refractivity contribution in [3.8, 4) is 5.88 Å². The molecule has 1 amide bonds. The molecular weight excluding hydrogens is 314 g/mol. The maximum absolute atomic E-state index is 11.9. The van der Waals surface area contributed by atoms with Gasteiger partial charge in [-0.25, -0.2) is 4.79 Å². The van der Waals surface area contributed by atoms with Gasteiger partial charge >= 0.3 is 5.69 Å². The number of hydrogen-bond donors (Lipinski definition) is 3. The number of H-pyrrole nitrogens is 2.